The van der Waals surface area contributed by atoms with Crippen molar-refractivity contribution in [2.24, 2.45) is 0 Å². The Labute approximate surface area is 117 Å². The van der Waals surface area contributed by atoms with Crippen LogP contribution in [0, 0.1) is 0 Å². The van der Waals surface area contributed by atoms with E-state index in [4.69, 9.17) is 4.74 Å². The highest BCUT2D eigenvalue weighted by atomic mass is 16.5. The molecule has 0 aliphatic carbocycles. The molecule has 0 amide bonds. The Balaban J connectivity index is 1.66. The molecule has 1 fully saturated rings. The van der Waals surface area contributed by atoms with Gasteiger partial charge < -0.3 is 15.4 Å². The Morgan fingerprint density at radius 3 is 2.85 bits per heavy atom. The van der Waals surface area contributed by atoms with E-state index >= 15 is 0 Å². The quantitative estimate of drug-likeness (QED) is 0.852. The molecule has 2 aromatic heterocycles. The Kier molecular flexibility index (Phi) is 4.03. The standard InChI is InChI=1S/C14H17N5O/c1-4-15-5-2-11(1)10-20-14-13(17-7-8-18-14)19-12-3-6-16-9-12/h1-2,4-5,7-8,12,16H,3,6,9-10H2,(H,17,19). The van der Waals surface area contributed by atoms with Crippen molar-refractivity contribution >= 4 is 5.82 Å². The van der Waals surface area contributed by atoms with Gasteiger partial charge in [0.05, 0.1) is 0 Å². The average Bonchev–Trinajstić information content (AvgIpc) is 3.00. The molecule has 2 N–H and O–H groups in total. The summed E-state index contributed by atoms with van der Waals surface area (Å²) in [7, 11) is 0. The van der Waals surface area contributed by atoms with Gasteiger partial charge in [0.15, 0.2) is 5.82 Å². The third-order valence-electron chi connectivity index (χ3n) is 3.19. The van der Waals surface area contributed by atoms with Crippen LogP contribution in [-0.2, 0) is 6.61 Å². The Morgan fingerprint density at radius 2 is 2.05 bits per heavy atom. The molecular formula is C14H17N5O. The smallest absolute Gasteiger partial charge is 0.257 e. The fraction of sp³-hybridized carbons (Fsp3) is 0.357. The van der Waals surface area contributed by atoms with E-state index in [0.29, 0.717) is 24.3 Å². The van der Waals surface area contributed by atoms with Crippen molar-refractivity contribution < 1.29 is 4.74 Å². The summed E-state index contributed by atoms with van der Waals surface area (Å²) in [5.74, 6) is 1.24. The zero-order valence-corrected chi connectivity index (χ0v) is 11.1. The lowest BCUT2D eigenvalue weighted by Crippen LogP contribution is -2.23. The van der Waals surface area contributed by atoms with E-state index in [1.54, 1.807) is 24.8 Å². The first kappa shape index (κ1) is 12.8. The first-order chi connectivity index (χ1) is 9.92. The van der Waals surface area contributed by atoms with Gasteiger partial charge in [0.1, 0.15) is 6.61 Å². The molecule has 2 aromatic rings. The minimum Gasteiger partial charge on any atom is -0.470 e. The van der Waals surface area contributed by atoms with Gasteiger partial charge >= 0.3 is 0 Å². The fourth-order valence-electron chi connectivity index (χ4n) is 2.13. The predicted octanol–water partition coefficient (Wildman–Crippen LogP) is 1.22. The van der Waals surface area contributed by atoms with Gasteiger partial charge in [0, 0.05) is 37.4 Å². The van der Waals surface area contributed by atoms with E-state index < -0.39 is 0 Å². The first-order valence-corrected chi connectivity index (χ1v) is 6.72. The number of ether oxygens (including phenoxy) is 1. The van der Waals surface area contributed by atoms with E-state index in [0.717, 1.165) is 25.1 Å². The van der Waals surface area contributed by atoms with Crippen LogP contribution < -0.4 is 15.4 Å². The lowest BCUT2D eigenvalue weighted by molar-refractivity contribution is 0.294. The monoisotopic (exact) mass is 271 g/mol. The third-order valence-corrected chi connectivity index (χ3v) is 3.19. The molecule has 3 heterocycles. The second-order valence-corrected chi connectivity index (χ2v) is 4.69. The number of anilines is 1. The highest BCUT2D eigenvalue weighted by Gasteiger charge is 2.17. The van der Waals surface area contributed by atoms with Crippen LogP contribution in [0.25, 0.3) is 0 Å². The van der Waals surface area contributed by atoms with E-state index in [1.165, 1.54) is 0 Å². The van der Waals surface area contributed by atoms with Crippen molar-refractivity contribution in [3.8, 4) is 5.88 Å². The van der Waals surface area contributed by atoms with Gasteiger partial charge in [0.25, 0.3) is 5.88 Å². The van der Waals surface area contributed by atoms with Crippen LogP contribution in [0.4, 0.5) is 5.82 Å². The molecule has 3 rings (SSSR count). The van der Waals surface area contributed by atoms with Gasteiger partial charge in [0.2, 0.25) is 0 Å². The van der Waals surface area contributed by atoms with Crippen LogP contribution in [0.3, 0.4) is 0 Å². The van der Waals surface area contributed by atoms with Crippen molar-refractivity contribution in [1.82, 2.24) is 20.3 Å². The highest BCUT2D eigenvalue weighted by Crippen LogP contribution is 2.20. The van der Waals surface area contributed by atoms with E-state index in [1.807, 2.05) is 12.1 Å². The van der Waals surface area contributed by atoms with Crippen LogP contribution in [0.5, 0.6) is 5.88 Å². The van der Waals surface area contributed by atoms with Crippen molar-refractivity contribution in [3.63, 3.8) is 0 Å². The molecule has 0 aromatic carbocycles. The van der Waals surface area contributed by atoms with Crippen LogP contribution in [0.2, 0.25) is 0 Å². The SMILES string of the molecule is c1cc(COc2nccnc2NC2CCNC2)ccn1. The van der Waals surface area contributed by atoms with Crippen LogP contribution >= 0.6 is 0 Å². The molecule has 1 atom stereocenters. The van der Waals surface area contributed by atoms with Crippen molar-refractivity contribution in [2.75, 3.05) is 18.4 Å². The number of nitrogens with one attached hydrogen (secondary N) is 2. The first-order valence-electron chi connectivity index (χ1n) is 6.72. The number of pyridine rings is 1. The summed E-state index contributed by atoms with van der Waals surface area (Å²) in [6, 6.07) is 4.23. The van der Waals surface area contributed by atoms with Crippen molar-refractivity contribution in [2.45, 2.75) is 19.1 Å². The normalized spacial score (nSPS) is 17.9. The Bertz CT molecular complexity index is 542. The average molecular weight is 271 g/mol. The zero-order chi connectivity index (χ0) is 13.6. The second-order valence-electron chi connectivity index (χ2n) is 4.69. The minimum absolute atomic E-state index is 0.384. The van der Waals surface area contributed by atoms with Crippen LogP contribution in [0.1, 0.15) is 12.0 Å². The summed E-state index contributed by atoms with van der Waals surface area (Å²) >= 11 is 0. The summed E-state index contributed by atoms with van der Waals surface area (Å²) in [5, 5.41) is 6.68. The molecule has 1 saturated heterocycles. The second kappa shape index (κ2) is 6.29. The largest absolute Gasteiger partial charge is 0.470 e. The Hall–Kier alpha value is -2.21. The topological polar surface area (TPSA) is 72.0 Å². The maximum atomic E-state index is 5.75. The summed E-state index contributed by atoms with van der Waals surface area (Å²) in [5.41, 5.74) is 1.05. The minimum atomic E-state index is 0.384. The van der Waals surface area contributed by atoms with Crippen molar-refractivity contribution in [3.05, 3.63) is 42.5 Å². The summed E-state index contributed by atoms with van der Waals surface area (Å²) in [6.45, 7) is 2.43. The van der Waals surface area contributed by atoms with Gasteiger partial charge in [-0.2, -0.15) is 0 Å². The molecule has 0 bridgehead atoms. The third kappa shape index (κ3) is 3.21. The van der Waals surface area contributed by atoms with Gasteiger partial charge in [-0.3, -0.25) is 4.98 Å². The molecule has 1 unspecified atom stereocenters. The van der Waals surface area contributed by atoms with E-state index in [2.05, 4.69) is 25.6 Å². The van der Waals surface area contributed by atoms with Crippen LogP contribution in [0.15, 0.2) is 36.9 Å². The van der Waals surface area contributed by atoms with Gasteiger partial charge in [-0.1, -0.05) is 0 Å². The van der Waals surface area contributed by atoms with Gasteiger partial charge in [-0.05, 0) is 30.7 Å². The number of hydrogen-bond acceptors (Lipinski definition) is 6. The summed E-state index contributed by atoms with van der Waals surface area (Å²) < 4.78 is 5.75. The Morgan fingerprint density at radius 1 is 1.20 bits per heavy atom. The maximum Gasteiger partial charge on any atom is 0.257 e. The zero-order valence-electron chi connectivity index (χ0n) is 11.1. The van der Waals surface area contributed by atoms with Gasteiger partial charge in [-0.25, -0.2) is 9.97 Å². The molecular weight excluding hydrogens is 254 g/mol. The molecule has 104 valence electrons. The number of rotatable bonds is 5. The number of nitrogens with zero attached hydrogens (tertiary/aromatic N) is 3. The van der Waals surface area contributed by atoms with E-state index in [-0.39, 0.29) is 0 Å². The molecule has 0 spiro atoms. The number of aromatic nitrogens is 3. The van der Waals surface area contributed by atoms with Crippen LogP contribution in [-0.4, -0.2) is 34.1 Å². The molecule has 1 aliphatic heterocycles. The van der Waals surface area contributed by atoms with Gasteiger partial charge in [-0.15, -0.1) is 0 Å². The maximum absolute atomic E-state index is 5.75. The summed E-state index contributed by atoms with van der Waals surface area (Å²) in [4.78, 5) is 12.6. The van der Waals surface area contributed by atoms with E-state index in [9.17, 15) is 0 Å². The lowest BCUT2D eigenvalue weighted by Gasteiger charge is -2.14. The molecule has 6 nitrogen and oxygen atoms in total. The molecule has 1 aliphatic rings. The fourth-order valence-corrected chi connectivity index (χ4v) is 2.13. The summed E-state index contributed by atoms with van der Waals surface area (Å²) in [6.07, 6.45) is 7.89. The predicted molar refractivity (Wildman–Crippen MR) is 75.5 cm³/mol. The molecule has 6 heteroatoms. The number of hydrogen-bond donors (Lipinski definition) is 2. The molecule has 0 radical (unpaired) electrons. The van der Waals surface area contributed by atoms with Crippen molar-refractivity contribution in [1.29, 1.82) is 0 Å². The molecule has 0 saturated carbocycles. The highest BCUT2D eigenvalue weighted by molar-refractivity contribution is 5.45. The molecule has 20 heavy (non-hydrogen) atoms. The lowest BCUT2D eigenvalue weighted by atomic mass is 10.2.